The van der Waals surface area contributed by atoms with Crippen LogP contribution in [0.4, 0.5) is 0 Å². The Kier molecular flexibility index (Phi) is 5.76. The molecule has 3 rings (SSSR count). The Labute approximate surface area is 159 Å². The number of amides is 1. The molecule has 136 valence electrons. The molecule has 1 heterocycles. The summed E-state index contributed by atoms with van der Waals surface area (Å²) in [5, 5.41) is 0.651. The second kappa shape index (κ2) is 8.03. The minimum atomic E-state index is -1.78. The van der Waals surface area contributed by atoms with Gasteiger partial charge in [-0.25, -0.2) is 4.21 Å². The van der Waals surface area contributed by atoms with Crippen molar-refractivity contribution in [3.63, 3.8) is 0 Å². The molecule has 2 aromatic rings. The zero-order valence-corrected chi connectivity index (χ0v) is 15.6. The lowest BCUT2D eigenvalue weighted by molar-refractivity contribution is 0.1000. The molecule has 0 saturated heterocycles. The van der Waals surface area contributed by atoms with Gasteiger partial charge in [0.25, 0.3) is 0 Å². The number of fused-ring (bicyclic) bond motifs is 1. The zero-order chi connectivity index (χ0) is 18.7. The van der Waals surface area contributed by atoms with E-state index >= 15 is 0 Å². The maximum absolute atomic E-state index is 11.6. The lowest BCUT2D eigenvalue weighted by Crippen LogP contribution is -2.24. The fraction of sp³-hybridized carbons (Fsp3) is 0.211. The molecule has 1 atom stereocenters. The largest absolute Gasteiger partial charge is 0.372 e. The van der Waals surface area contributed by atoms with Crippen LogP contribution in [0.5, 0.6) is 0 Å². The SMILES string of the molecule is NC(=O)c1ccc2c(c1)C(c1ccc(Cl)cc1)=CN(CCCS(=O)O)C2. The number of rotatable bonds is 6. The lowest BCUT2D eigenvalue weighted by Gasteiger charge is -2.29. The van der Waals surface area contributed by atoms with Crippen molar-refractivity contribution >= 4 is 34.2 Å². The van der Waals surface area contributed by atoms with Gasteiger partial charge in [-0.3, -0.25) is 4.79 Å². The Bertz CT molecular complexity index is 881. The fourth-order valence-electron chi connectivity index (χ4n) is 3.03. The maximum Gasteiger partial charge on any atom is 0.248 e. The van der Waals surface area contributed by atoms with Gasteiger partial charge in [0.15, 0.2) is 11.1 Å². The van der Waals surface area contributed by atoms with Crippen LogP contribution >= 0.6 is 11.6 Å². The Morgan fingerprint density at radius 3 is 2.62 bits per heavy atom. The number of carbonyl (C=O) groups is 1. The number of benzene rings is 2. The highest BCUT2D eigenvalue weighted by Gasteiger charge is 2.20. The molecule has 1 amide bonds. The van der Waals surface area contributed by atoms with Crippen molar-refractivity contribution in [1.82, 2.24) is 4.90 Å². The van der Waals surface area contributed by atoms with E-state index in [2.05, 4.69) is 4.90 Å². The van der Waals surface area contributed by atoms with E-state index in [4.69, 9.17) is 21.9 Å². The van der Waals surface area contributed by atoms with Gasteiger partial charge in [-0.1, -0.05) is 29.8 Å². The van der Waals surface area contributed by atoms with Crippen molar-refractivity contribution in [3.8, 4) is 0 Å². The van der Waals surface area contributed by atoms with Gasteiger partial charge in [0.2, 0.25) is 5.91 Å². The summed E-state index contributed by atoms with van der Waals surface area (Å²) in [5.41, 5.74) is 9.89. The molecule has 0 saturated carbocycles. The third-order valence-electron chi connectivity index (χ3n) is 4.29. The van der Waals surface area contributed by atoms with Gasteiger partial charge in [-0.05, 0) is 47.4 Å². The molecule has 1 aliphatic heterocycles. The zero-order valence-electron chi connectivity index (χ0n) is 14.0. The van der Waals surface area contributed by atoms with Gasteiger partial charge in [-0.2, -0.15) is 0 Å². The number of hydrogen-bond acceptors (Lipinski definition) is 3. The smallest absolute Gasteiger partial charge is 0.248 e. The number of halogens is 1. The molecule has 1 aliphatic rings. The molecule has 0 aliphatic carbocycles. The maximum atomic E-state index is 11.6. The van der Waals surface area contributed by atoms with E-state index in [-0.39, 0.29) is 5.75 Å². The van der Waals surface area contributed by atoms with Gasteiger partial charge < -0.3 is 15.2 Å². The van der Waals surface area contributed by atoms with Crippen LogP contribution in [0.15, 0.2) is 48.7 Å². The first-order valence-electron chi connectivity index (χ1n) is 8.16. The minimum Gasteiger partial charge on any atom is -0.372 e. The topological polar surface area (TPSA) is 83.6 Å². The predicted molar refractivity (Wildman–Crippen MR) is 104 cm³/mol. The van der Waals surface area contributed by atoms with Crippen LogP contribution in [0.1, 0.15) is 33.5 Å². The van der Waals surface area contributed by atoms with E-state index in [9.17, 15) is 9.00 Å². The summed E-state index contributed by atoms with van der Waals surface area (Å²) < 4.78 is 19.8. The van der Waals surface area contributed by atoms with E-state index in [1.165, 1.54) is 0 Å². The summed E-state index contributed by atoms with van der Waals surface area (Å²) in [4.78, 5) is 13.7. The van der Waals surface area contributed by atoms with Gasteiger partial charge >= 0.3 is 0 Å². The molecule has 0 aromatic heterocycles. The average molecular weight is 391 g/mol. The third-order valence-corrected chi connectivity index (χ3v) is 5.18. The standard InChI is InChI=1S/C19H19ClN2O3S/c20-16-6-4-13(5-7-16)18-12-22(8-1-9-26(24)25)11-15-3-2-14(19(21)23)10-17(15)18/h2-7,10,12H,1,8-9,11H2,(H2,21,23)(H,24,25). The molecule has 0 radical (unpaired) electrons. The van der Waals surface area contributed by atoms with Crippen LogP contribution in [0.2, 0.25) is 5.02 Å². The van der Waals surface area contributed by atoms with E-state index < -0.39 is 17.0 Å². The molecule has 0 bridgehead atoms. The summed E-state index contributed by atoms with van der Waals surface area (Å²) in [6.45, 7) is 1.34. The highest BCUT2D eigenvalue weighted by Crippen LogP contribution is 2.33. The highest BCUT2D eigenvalue weighted by molar-refractivity contribution is 7.79. The second-order valence-electron chi connectivity index (χ2n) is 6.14. The van der Waals surface area contributed by atoms with Crippen LogP contribution in [-0.4, -0.2) is 31.9 Å². The molecule has 2 aromatic carbocycles. The summed E-state index contributed by atoms with van der Waals surface area (Å²) in [6, 6.07) is 13.0. The molecule has 0 spiro atoms. The molecular formula is C19H19ClN2O3S. The van der Waals surface area contributed by atoms with Crippen molar-refractivity contribution < 1.29 is 13.6 Å². The molecule has 3 N–H and O–H groups in total. The van der Waals surface area contributed by atoms with Crippen LogP contribution in [0.3, 0.4) is 0 Å². The average Bonchev–Trinajstić information content (AvgIpc) is 2.61. The van der Waals surface area contributed by atoms with Crippen LogP contribution < -0.4 is 5.73 Å². The number of primary amides is 1. The van der Waals surface area contributed by atoms with Crippen LogP contribution in [0, 0.1) is 0 Å². The van der Waals surface area contributed by atoms with Crippen molar-refractivity contribution in [3.05, 3.63) is 75.9 Å². The van der Waals surface area contributed by atoms with Crippen molar-refractivity contribution in [2.75, 3.05) is 12.3 Å². The number of hydrogen-bond donors (Lipinski definition) is 2. The Morgan fingerprint density at radius 1 is 1.23 bits per heavy atom. The quantitative estimate of drug-likeness (QED) is 0.741. The molecule has 26 heavy (non-hydrogen) atoms. The Morgan fingerprint density at radius 2 is 1.96 bits per heavy atom. The molecular weight excluding hydrogens is 372 g/mol. The summed E-state index contributed by atoms with van der Waals surface area (Å²) in [6.07, 6.45) is 2.64. The Balaban J connectivity index is 1.98. The first-order chi connectivity index (χ1) is 12.4. The molecule has 5 nitrogen and oxygen atoms in total. The normalized spacial score (nSPS) is 14.5. The first-order valence-corrected chi connectivity index (χ1v) is 9.82. The summed E-state index contributed by atoms with van der Waals surface area (Å²) >= 11 is 4.22. The summed E-state index contributed by atoms with van der Waals surface area (Å²) in [7, 11) is 0. The van der Waals surface area contributed by atoms with Crippen molar-refractivity contribution in [2.45, 2.75) is 13.0 Å². The number of nitrogens with zero attached hydrogens (tertiary/aromatic N) is 1. The number of carbonyl (C=O) groups excluding carboxylic acids is 1. The third kappa shape index (κ3) is 4.33. The predicted octanol–water partition coefficient (Wildman–Crippen LogP) is 3.26. The van der Waals surface area contributed by atoms with Crippen LogP contribution in [-0.2, 0) is 17.6 Å². The van der Waals surface area contributed by atoms with Crippen molar-refractivity contribution in [1.29, 1.82) is 0 Å². The molecule has 1 unspecified atom stereocenters. The molecule has 0 fully saturated rings. The monoisotopic (exact) mass is 390 g/mol. The van der Waals surface area contributed by atoms with E-state index in [0.29, 0.717) is 30.1 Å². The van der Waals surface area contributed by atoms with Gasteiger partial charge in [0, 0.05) is 35.4 Å². The highest BCUT2D eigenvalue weighted by atomic mass is 35.5. The minimum absolute atomic E-state index is 0.244. The first kappa shape index (κ1) is 18.6. The lowest BCUT2D eigenvalue weighted by atomic mass is 9.90. The Hall–Kier alpha value is -2.15. The van der Waals surface area contributed by atoms with Crippen LogP contribution in [0.25, 0.3) is 5.57 Å². The molecule has 7 heteroatoms. The van der Waals surface area contributed by atoms with E-state index in [1.807, 2.05) is 42.6 Å². The summed E-state index contributed by atoms with van der Waals surface area (Å²) in [5.74, 6) is -0.218. The number of nitrogens with two attached hydrogens (primary N) is 1. The van der Waals surface area contributed by atoms with Crippen molar-refractivity contribution in [2.24, 2.45) is 5.73 Å². The van der Waals surface area contributed by atoms with Gasteiger partial charge in [0.1, 0.15) is 0 Å². The van der Waals surface area contributed by atoms with E-state index in [1.54, 1.807) is 6.07 Å². The van der Waals surface area contributed by atoms with E-state index in [0.717, 1.165) is 22.3 Å². The van der Waals surface area contributed by atoms with Gasteiger partial charge in [0.05, 0.1) is 5.75 Å². The second-order valence-corrected chi connectivity index (χ2v) is 7.62. The fourth-order valence-corrected chi connectivity index (χ4v) is 3.53. The van der Waals surface area contributed by atoms with Gasteiger partial charge in [-0.15, -0.1) is 0 Å².